The van der Waals surface area contributed by atoms with Crippen molar-refractivity contribution in [3.05, 3.63) is 23.2 Å². The van der Waals surface area contributed by atoms with Crippen LogP contribution in [0.4, 0.5) is 5.69 Å². The summed E-state index contributed by atoms with van der Waals surface area (Å²) in [6.07, 6.45) is 2.29. The van der Waals surface area contributed by atoms with Crippen molar-refractivity contribution in [2.75, 3.05) is 51.7 Å². The predicted octanol–water partition coefficient (Wildman–Crippen LogP) is 2.42. The molecule has 7 nitrogen and oxygen atoms in total. The molecule has 2 aliphatic rings. The number of rotatable bonds is 6. The Kier molecular flexibility index (Phi) is 10.9. The van der Waals surface area contributed by atoms with Crippen molar-refractivity contribution in [1.82, 2.24) is 15.1 Å². The van der Waals surface area contributed by atoms with E-state index in [0.717, 1.165) is 38.2 Å². The molecule has 0 saturated carbocycles. The summed E-state index contributed by atoms with van der Waals surface area (Å²) in [5, 5.41) is 6.94. The Bertz CT molecular complexity index is 693. The number of carbonyl (C=O) groups is 2. The van der Waals surface area contributed by atoms with Crippen molar-refractivity contribution < 1.29 is 14.3 Å². The SMILES string of the molecule is COc1ccc(Cl)cc1NCCC(=O)N1CCCC(N2CCNCC2=O)C1.Cl.Cl. The molecule has 3 rings (SSSR count). The van der Waals surface area contributed by atoms with Crippen molar-refractivity contribution in [1.29, 1.82) is 0 Å². The first kappa shape index (κ1) is 25.6. The van der Waals surface area contributed by atoms with Gasteiger partial charge in [-0.2, -0.15) is 0 Å². The zero-order valence-corrected chi connectivity index (χ0v) is 18.9. The zero-order chi connectivity index (χ0) is 19.2. The molecule has 0 bridgehead atoms. The summed E-state index contributed by atoms with van der Waals surface area (Å²) in [4.78, 5) is 28.6. The normalized spacial score (nSPS) is 19.1. The molecule has 1 unspecified atom stereocenters. The van der Waals surface area contributed by atoms with E-state index in [-0.39, 0.29) is 42.7 Å². The fourth-order valence-electron chi connectivity index (χ4n) is 3.72. The molecular weight excluding hydrogens is 439 g/mol. The molecule has 0 aliphatic carbocycles. The van der Waals surface area contributed by atoms with E-state index in [1.165, 1.54) is 0 Å². The molecule has 0 aromatic heterocycles. The second-order valence-electron chi connectivity index (χ2n) is 6.92. The van der Waals surface area contributed by atoms with Gasteiger partial charge in [0.2, 0.25) is 11.8 Å². The summed E-state index contributed by atoms with van der Waals surface area (Å²) in [5.74, 6) is 0.938. The van der Waals surface area contributed by atoms with Crippen LogP contribution in [0, 0.1) is 0 Å². The average molecular weight is 468 g/mol. The fraction of sp³-hybridized carbons (Fsp3) is 0.579. The number of methoxy groups -OCH3 is 1. The second-order valence-corrected chi connectivity index (χ2v) is 7.36. The minimum atomic E-state index is 0. The number of nitrogens with zero attached hydrogens (tertiary/aromatic N) is 2. The molecule has 2 aliphatic heterocycles. The lowest BCUT2D eigenvalue weighted by molar-refractivity contribution is -0.140. The maximum Gasteiger partial charge on any atom is 0.236 e. The molecule has 10 heteroatoms. The van der Waals surface area contributed by atoms with Gasteiger partial charge < -0.3 is 25.2 Å². The van der Waals surface area contributed by atoms with Gasteiger partial charge in [-0.3, -0.25) is 9.59 Å². The molecular formula is C19H29Cl3N4O3. The Balaban J connectivity index is 0.00000210. The molecule has 2 heterocycles. The highest BCUT2D eigenvalue weighted by Crippen LogP contribution is 2.27. The van der Waals surface area contributed by atoms with Gasteiger partial charge in [-0.05, 0) is 31.0 Å². The van der Waals surface area contributed by atoms with Gasteiger partial charge >= 0.3 is 0 Å². The van der Waals surface area contributed by atoms with Crippen molar-refractivity contribution in [3.63, 3.8) is 0 Å². The monoisotopic (exact) mass is 466 g/mol. The second kappa shape index (κ2) is 12.3. The van der Waals surface area contributed by atoms with Crippen LogP contribution in [0.1, 0.15) is 19.3 Å². The van der Waals surface area contributed by atoms with Crippen LogP contribution in [0.2, 0.25) is 5.02 Å². The first-order chi connectivity index (χ1) is 13.1. The van der Waals surface area contributed by atoms with E-state index in [4.69, 9.17) is 16.3 Å². The minimum Gasteiger partial charge on any atom is -0.495 e. The summed E-state index contributed by atoms with van der Waals surface area (Å²) in [7, 11) is 1.60. The van der Waals surface area contributed by atoms with Crippen LogP contribution in [0.25, 0.3) is 0 Å². The van der Waals surface area contributed by atoms with Crippen molar-refractivity contribution >= 4 is 53.9 Å². The molecule has 2 fully saturated rings. The number of hydrogen-bond acceptors (Lipinski definition) is 5. The Hall–Kier alpha value is -1.41. The van der Waals surface area contributed by atoms with Gasteiger partial charge in [0, 0.05) is 50.2 Å². The van der Waals surface area contributed by atoms with Crippen molar-refractivity contribution in [3.8, 4) is 5.75 Å². The van der Waals surface area contributed by atoms with E-state index in [2.05, 4.69) is 10.6 Å². The quantitative estimate of drug-likeness (QED) is 0.672. The van der Waals surface area contributed by atoms with Gasteiger partial charge in [0.05, 0.1) is 19.3 Å². The lowest BCUT2D eigenvalue weighted by atomic mass is 10.0. The predicted molar refractivity (Wildman–Crippen MR) is 120 cm³/mol. The van der Waals surface area contributed by atoms with Crippen LogP contribution in [-0.2, 0) is 9.59 Å². The van der Waals surface area contributed by atoms with E-state index in [1.54, 1.807) is 25.3 Å². The number of likely N-dealkylation sites (tertiary alicyclic amines) is 1. The summed E-state index contributed by atoms with van der Waals surface area (Å²) in [6, 6.07) is 5.49. The van der Waals surface area contributed by atoms with E-state index < -0.39 is 0 Å². The highest BCUT2D eigenvalue weighted by atomic mass is 35.5. The maximum absolute atomic E-state index is 12.6. The number of anilines is 1. The van der Waals surface area contributed by atoms with Crippen LogP contribution in [-0.4, -0.2) is 74.0 Å². The number of nitrogens with one attached hydrogen (secondary N) is 2. The number of hydrogen-bond donors (Lipinski definition) is 2. The number of ether oxygens (including phenoxy) is 1. The van der Waals surface area contributed by atoms with E-state index in [0.29, 0.717) is 36.8 Å². The van der Waals surface area contributed by atoms with Gasteiger partial charge in [-0.15, -0.1) is 24.8 Å². The van der Waals surface area contributed by atoms with Crippen LogP contribution in [0.5, 0.6) is 5.75 Å². The first-order valence-electron chi connectivity index (χ1n) is 9.44. The first-order valence-corrected chi connectivity index (χ1v) is 9.81. The number of halogens is 3. The van der Waals surface area contributed by atoms with Crippen LogP contribution >= 0.6 is 36.4 Å². The topological polar surface area (TPSA) is 73.9 Å². The fourth-order valence-corrected chi connectivity index (χ4v) is 3.90. The molecule has 29 heavy (non-hydrogen) atoms. The zero-order valence-electron chi connectivity index (χ0n) is 16.5. The average Bonchev–Trinajstić information content (AvgIpc) is 2.68. The maximum atomic E-state index is 12.6. The number of benzene rings is 1. The third-order valence-electron chi connectivity index (χ3n) is 5.13. The van der Waals surface area contributed by atoms with Crippen LogP contribution < -0.4 is 15.4 Å². The third kappa shape index (κ3) is 6.81. The molecule has 2 saturated heterocycles. The van der Waals surface area contributed by atoms with Crippen LogP contribution in [0.3, 0.4) is 0 Å². The molecule has 1 aromatic rings. The number of piperazine rings is 1. The molecule has 164 valence electrons. The molecule has 2 amide bonds. The van der Waals surface area contributed by atoms with Gasteiger partial charge in [0.15, 0.2) is 0 Å². The molecule has 0 radical (unpaired) electrons. The lowest BCUT2D eigenvalue weighted by Gasteiger charge is -2.41. The standard InChI is InChI=1S/C19H27ClN4O3.2ClH/c1-27-17-5-4-14(20)11-16(17)22-7-6-18(25)23-9-2-3-15(13-23)24-10-8-21-12-19(24)26;;/h4-5,11,15,21-22H,2-3,6-10,12-13H2,1H3;2*1H. The highest BCUT2D eigenvalue weighted by Gasteiger charge is 2.31. The highest BCUT2D eigenvalue weighted by molar-refractivity contribution is 6.30. The lowest BCUT2D eigenvalue weighted by Crippen LogP contribution is -2.57. The number of amides is 2. The molecule has 1 atom stereocenters. The van der Waals surface area contributed by atoms with Crippen molar-refractivity contribution in [2.24, 2.45) is 0 Å². The third-order valence-corrected chi connectivity index (χ3v) is 5.37. The van der Waals surface area contributed by atoms with E-state index in [9.17, 15) is 9.59 Å². The van der Waals surface area contributed by atoms with Gasteiger partial charge in [-0.1, -0.05) is 11.6 Å². The summed E-state index contributed by atoms with van der Waals surface area (Å²) >= 11 is 6.03. The minimum absolute atomic E-state index is 0. The van der Waals surface area contributed by atoms with E-state index in [1.807, 2.05) is 9.80 Å². The largest absolute Gasteiger partial charge is 0.495 e. The van der Waals surface area contributed by atoms with Gasteiger partial charge in [0.1, 0.15) is 5.75 Å². The Morgan fingerprint density at radius 3 is 2.86 bits per heavy atom. The van der Waals surface area contributed by atoms with Crippen molar-refractivity contribution in [2.45, 2.75) is 25.3 Å². The Morgan fingerprint density at radius 1 is 1.34 bits per heavy atom. The van der Waals surface area contributed by atoms with Crippen LogP contribution in [0.15, 0.2) is 18.2 Å². The summed E-state index contributed by atoms with van der Waals surface area (Å²) < 4.78 is 5.31. The Morgan fingerprint density at radius 2 is 2.14 bits per heavy atom. The number of carbonyl (C=O) groups excluding carboxylic acids is 2. The molecule has 1 aromatic carbocycles. The van der Waals surface area contributed by atoms with E-state index >= 15 is 0 Å². The summed E-state index contributed by atoms with van der Waals surface area (Å²) in [6.45, 7) is 3.84. The molecule has 2 N–H and O–H groups in total. The van der Waals surface area contributed by atoms with Gasteiger partial charge in [-0.25, -0.2) is 0 Å². The summed E-state index contributed by atoms with van der Waals surface area (Å²) in [5.41, 5.74) is 0.778. The smallest absolute Gasteiger partial charge is 0.236 e. The Labute approximate surface area is 189 Å². The molecule has 0 spiro atoms. The number of piperidine rings is 1. The van der Waals surface area contributed by atoms with Gasteiger partial charge in [0.25, 0.3) is 0 Å².